The number of aromatic nitrogens is 12. The minimum absolute atomic E-state index is 0.123. The second-order valence-corrected chi connectivity index (χ2v) is 26.2. The van der Waals surface area contributed by atoms with Crippen LogP contribution in [0.15, 0.2) is 226 Å². The maximum Gasteiger partial charge on any atom is 0.235 e. The molecule has 0 amide bonds. The number of fused-ring (bicyclic) bond motifs is 8. The van der Waals surface area contributed by atoms with E-state index >= 15 is 0 Å². The Morgan fingerprint density at radius 3 is 1.33 bits per heavy atom. The molecule has 0 atom stereocenters. The SMILES string of the molecule is COc1cc(O)ccc1-c1nc2ccncn2c1Nc1ccc2c(c1)OCCO2.COc1cccc(OC)c1-c1nc2cnccn2c1Nc1ccc2c(c1)OCCO2.COc1cccc(OC)c1-c1nc2ncccn2c1Nc1ccc2c(c1)OCCO2.Cc1ccn2c(Nc3ccc4c(c3)OCCO4)c(-c3ccccn3)nc2c1. The number of phenols is 1. The van der Waals surface area contributed by atoms with Gasteiger partial charge in [-0.15, -0.1) is 0 Å². The van der Waals surface area contributed by atoms with Gasteiger partial charge < -0.3 is 88.0 Å². The van der Waals surface area contributed by atoms with Crippen molar-refractivity contribution < 1.29 is 66.7 Å². The Morgan fingerprint density at radius 2 is 0.810 bits per heavy atom. The van der Waals surface area contributed by atoms with E-state index in [2.05, 4.69) is 60.3 Å². The number of aryl methyl sites for hydroxylation is 1. The summed E-state index contributed by atoms with van der Waals surface area (Å²) in [6, 6.07) is 52.9. The predicted octanol–water partition coefficient (Wildman–Crippen LogP) is 15.7. The summed E-state index contributed by atoms with van der Waals surface area (Å²) in [5.74, 6) is 12.7. The number of benzene rings is 7. The van der Waals surface area contributed by atoms with Gasteiger partial charge in [-0.2, -0.15) is 0 Å². The molecule has 30 nitrogen and oxygen atoms in total. The van der Waals surface area contributed by atoms with E-state index in [4.69, 9.17) is 81.5 Å². The Balaban J connectivity index is 0.000000111. The third-order valence-corrected chi connectivity index (χ3v) is 18.9. The van der Waals surface area contributed by atoms with Crippen molar-refractivity contribution in [2.45, 2.75) is 6.92 Å². The highest BCUT2D eigenvalue weighted by Gasteiger charge is 2.28. The first kappa shape index (κ1) is 73.4. The molecule has 16 aromatic rings. The molecule has 5 N–H and O–H groups in total. The predicted molar refractivity (Wildman–Crippen MR) is 436 cm³/mol. The zero-order valence-electron chi connectivity index (χ0n) is 63.6. The fourth-order valence-electron chi connectivity index (χ4n) is 13.6. The molecule has 7 aromatic carbocycles. The van der Waals surface area contributed by atoms with Crippen LogP contribution in [0.5, 0.6) is 80.5 Å². The second-order valence-electron chi connectivity index (χ2n) is 26.2. The summed E-state index contributed by atoms with van der Waals surface area (Å²) >= 11 is 0. The number of ether oxygens (including phenoxy) is 13. The molecular formula is C86H76N16O14. The maximum atomic E-state index is 9.82. The van der Waals surface area contributed by atoms with Crippen molar-refractivity contribution in [1.29, 1.82) is 0 Å². The van der Waals surface area contributed by atoms with Crippen LogP contribution in [-0.4, -0.2) is 151 Å². The Labute approximate surface area is 663 Å². The maximum absolute atomic E-state index is 9.82. The summed E-state index contributed by atoms with van der Waals surface area (Å²) < 4.78 is 80.9. The number of phenolic OH excluding ortho intramolecular Hbond substituents is 1. The highest BCUT2D eigenvalue weighted by atomic mass is 16.6. The highest BCUT2D eigenvalue weighted by Crippen LogP contribution is 2.47. The average Bonchev–Trinajstić information content (AvgIpc) is 1.63. The summed E-state index contributed by atoms with van der Waals surface area (Å²) in [6.07, 6.45) is 16.1. The van der Waals surface area contributed by atoms with Crippen LogP contribution in [0, 0.1) is 6.92 Å². The Morgan fingerprint density at radius 1 is 0.345 bits per heavy atom. The normalized spacial score (nSPS) is 12.7. The van der Waals surface area contributed by atoms with Crippen molar-refractivity contribution in [3.05, 3.63) is 231 Å². The smallest absolute Gasteiger partial charge is 0.235 e. The molecular weight excluding hydrogens is 1480 g/mol. The van der Waals surface area contributed by atoms with Gasteiger partial charge in [-0.25, -0.2) is 29.9 Å². The molecule has 0 radical (unpaired) electrons. The lowest BCUT2D eigenvalue weighted by Gasteiger charge is -2.19. The van der Waals surface area contributed by atoms with Gasteiger partial charge in [-0.3, -0.25) is 27.6 Å². The van der Waals surface area contributed by atoms with E-state index in [0.717, 1.165) is 114 Å². The van der Waals surface area contributed by atoms with Crippen LogP contribution in [0.1, 0.15) is 5.56 Å². The van der Waals surface area contributed by atoms with Gasteiger partial charge >= 0.3 is 0 Å². The average molecular weight is 1560 g/mol. The first-order valence-corrected chi connectivity index (χ1v) is 36.9. The van der Waals surface area contributed by atoms with Crippen LogP contribution < -0.4 is 82.8 Å². The molecule has 0 fully saturated rings. The van der Waals surface area contributed by atoms with E-state index in [1.165, 1.54) is 0 Å². The molecule has 13 heterocycles. The van der Waals surface area contributed by atoms with E-state index < -0.39 is 0 Å². The number of nitrogens with zero attached hydrogens (tertiary/aromatic N) is 12. The van der Waals surface area contributed by atoms with Crippen LogP contribution in [0.4, 0.5) is 46.0 Å². The number of aromatic hydroxyl groups is 1. The fourth-order valence-corrected chi connectivity index (χ4v) is 13.6. The quantitative estimate of drug-likeness (QED) is 0.0565. The van der Waals surface area contributed by atoms with Crippen LogP contribution in [0.25, 0.3) is 67.9 Å². The van der Waals surface area contributed by atoms with Crippen LogP contribution in [-0.2, 0) is 0 Å². The third-order valence-electron chi connectivity index (χ3n) is 18.9. The molecule has 0 spiro atoms. The zero-order valence-corrected chi connectivity index (χ0v) is 63.6. The first-order chi connectivity index (χ1) is 57.1. The molecule has 0 unspecified atom stereocenters. The third kappa shape index (κ3) is 15.1. The van der Waals surface area contributed by atoms with Crippen molar-refractivity contribution >= 4 is 68.7 Å². The van der Waals surface area contributed by atoms with Gasteiger partial charge in [0.25, 0.3) is 0 Å². The van der Waals surface area contributed by atoms with Gasteiger partial charge in [0.2, 0.25) is 5.78 Å². The van der Waals surface area contributed by atoms with Crippen molar-refractivity contribution in [3.63, 3.8) is 0 Å². The number of nitrogens with one attached hydrogen (secondary N) is 4. The molecule has 20 rings (SSSR count). The van der Waals surface area contributed by atoms with Crippen LogP contribution in [0.2, 0.25) is 0 Å². The topological polar surface area (TPSA) is 309 Å². The number of methoxy groups -OCH3 is 5. The molecule has 0 saturated heterocycles. The van der Waals surface area contributed by atoms with Crippen molar-refractivity contribution in [2.24, 2.45) is 0 Å². The lowest BCUT2D eigenvalue weighted by Crippen LogP contribution is -2.15. The monoisotopic (exact) mass is 1560 g/mol. The first-order valence-electron chi connectivity index (χ1n) is 36.9. The second kappa shape index (κ2) is 32.9. The summed E-state index contributed by atoms with van der Waals surface area (Å²) in [7, 11) is 8.07. The van der Waals surface area contributed by atoms with Crippen molar-refractivity contribution in [2.75, 3.05) is 110 Å². The Hall–Kier alpha value is -15.4. The summed E-state index contributed by atoms with van der Waals surface area (Å²) in [4.78, 5) is 36.4. The molecule has 30 heteroatoms. The van der Waals surface area contributed by atoms with Gasteiger partial charge in [-0.1, -0.05) is 18.2 Å². The minimum atomic E-state index is 0.123. The molecule has 0 bridgehead atoms. The number of rotatable bonds is 17. The standard InChI is InChI=1S/2C22H20N4O4.C21H18N4O4.C21H18N4O2/c1-27-16-5-3-6-17(28-2)19(16)20-21(26-10-4-9-23-22(26)25-20)24-14-7-8-15-18(13-14)30-12-11-29-15;1-27-16-4-3-5-17(28-2)20(16)21-22(26-9-8-23-13-19(26)25-21)24-14-6-7-15-18(12-14)30-11-10-29-15;1-27-17-11-14(26)3-4-15(17)20-21(25-12-22-7-6-19(25)24-20)23-13-2-5-16-18(10-13)29-9-8-28-16;1-14-7-9-25-19(12-14)24-20(16-4-2-3-8-22-16)21(25)23-15-5-6-17-18(13-15)27-11-10-26-17/h3-10,13,24H,11-12H2,1-2H3;3-9,12-13,24H,10-11H2,1-2H3;2-7,10-12,23,26H,8-9H2,1H3;2-9,12-13,23H,10-11H2,1H3. The van der Waals surface area contributed by atoms with E-state index in [1.54, 1.807) is 91.1 Å². The van der Waals surface area contributed by atoms with E-state index in [9.17, 15) is 5.11 Å². The molecule has 116 heavy (non-hydrogen) atoms. The highest BCUT2D eigenvalue weighted by molar-refractivity contribution is 5.89. The number of imidazole rings is 4. The lowest BCUT2D eigenvalue weighted by atomic mass is 10.1. The van der Waals surface area contributed by atoms with Crippen molar-refractivity contribution in [3.8, 4) is 126 Å². The van der Waals surface area contributed by atoms with Crippen LogP contribution in [0.3, 0.4) is 0 Å². The molecule has 584 valence electrons. The number of anilines is 8. The van der Waals surface area contributed by atoms with E-state index in [1.807, 2.05) is 176 Å². The Bertz CT molecular complexity index is 6040. The lowest BCUT2D eigenvalue weighted by molar-refractivity contribution is 0.171. The molecule has 0 saturated carbocycles. The number of pyridine rings is 2. The van der Waals surface area contributed by atoms with Crippen LogP contribution >= 0.6 is 0 Å². The van der Waals surface area contributed by atoms with E-state index in [-0.39, 0.29) is 5.75 Å². The van der Waals surface area contributed by atoms with Gasteiger partial charge in [0.05, 0.1) is 58.6 Å². The molecule has 4 aliphatic rings. The Kier molecular flexibility index (Phi) is 20.8. The van der Waals surface area contributed by atoms with Gasteiger partial charge in [-0.05, 0) is 134 Å². The molecule has 0 aliphatic carbocycles. The zero-order chi connectivity index (χ0) is 79.0. The largest absolute Gasteiger partial charge is 0.508 e. The van der Waals surface area contributed by atoms with Gasteiger partial charge in [0, 0.05) is 102 Å². The summed E-state index contributed by atoms with van der Waals surface area (Å²) in [5, 5.41) is 23.7. The summed E-state index contributed by atoms with van der Waals surface area (Å²) in [6.45, 7) is 6.43. The number of hydrogen-bond donors (Lipinski definition) is 5. The van der Waals surface area contributed by atoms with Gasteiger partial charge in [0.15, 0.2) is 51.6 Å². The van der Waals surface area contributed by atoms with Gasteiger partial charge in [0.1, 0.15) is 151 Å². The molecule has 4 aliphatic heterocycles. The fraction of sp³-hybridized carbons (Fsp3) is 0.163. The minimum Gasteiger partial charge on any atom is -0.508 e. The molecule has 9 aromatic heterocycles. The van der Waals surface area contributed by atoms with E-state index in [0.29, 0.717) is 133 Å². The van der Waals surface area contributed by atoms with Crippen molar-refractivity contribution in [1.82, 2.24) is 57.5 Å². The summed E-state index contributed by atoms with van der Waals surface area (Å²) in [5.41, 5.74) is 12.7. The number of hydrogen-bond acceptors (Lipinski definition) is 26.